The third-order valence-corrected chi connectivity index (χ3v) is 3.81. The van der Waals surface area contributed by atoms with Gasteiger partial charge in [0.25, 0.3) is 0 Å². The Labute approximate surface area is 118 Å². The largest absolute Gasteiger partial charge is 0.469 e. The van der Waals surface area contributed by atoms with Crippen LogP contribution in [0.2, 0.25) is 0 Å². The number of furan rings is 1. The summed E-state index contributed by atoms with van der Waals surface area (Å²) in [5.74, 6) is 0.838. The number of rotatable bonds is 3. The lowest BCUT2D eigenvalue weighted by Gasteiger charge is -2.24. The predicted molar refractivity (Wildman–Crippen MR) is 75.9 cm³/mol. The van der Waals surface area contributed by atoms with Crippen molar-refractivity contribution in [2.24, 2.45) is 5.73 Å². The molecule has 3 N–H and O–H groups in total. The van der Waals surface area contributed by atoms with Crippen molar-refractivity contribution < 1.29 is 9.21 Å². The second kappa shape index (κ2) is 5.51. The molecule has 1 aromatic carbocycles. The molecular weight excluding hydrogens is 252 g/mol. The van der Waals surface area contributed by atoms with Crippen LogP contribution in [0.25, 0.3) is 0 Å². The number of hydrogen-bond donors (Lipinski definition) is 2. The highest BCUT2D eigenvalue weighted by Crippen LogP contribution is 2.30. The van der Waals surface area contributed by atoms with Crippen LogP contribution in [0.4, 0.5) is 0 Å². The van der Waals surface area contributed by atoms with Crippen molar-refractivity contribution in [3.05, 3.63) is 59.5 Å². The Morgan fingerprint density at radius 2 is 2.10 bits per heavy atom. The lowest BCUT2D eigenvalue weighted by molar-refractivity contribution is -0.123. The van der Waals surface area contributed by atoms with E-state index in [0.717, 1.165) is 36.1 Å². The molecule has 104 valence electrons. The van der Waals surface area contributed by atoms with Gasteiger partial charge in [-0.3, -0.25) is 4.79 Å². The van der Waals surface area contributed by atoms with Crippen molar-refractivity contribution >= 4 is 5.91 Å². The van der Waals surface area contributed by atoms with E-state index in [2.05, 4.69) is 5.32 Å². The molecular formula is C16H18N2O2. The molecule has 0 bridgehead atoms. The lowest BCUT2D eigenvalue weighted by atomic mass is 9.93. The number of fused-ring (bicyclic) bond motifs is 1. The zero-order chi connectivity index (χ0) is 13.9. The molecule has 3 rings (SSSR count). The lowest BCUT2D eigenvalue weighted by Crippen LogP contribution is -2.37. The molecule has 1 unspecified atom stereocenters. The van der Waals surface area contributed by atoms with E-state index in [0.29, 0.717) is 0 Å². The van der Waals surface area contributed by atoms with Crippen molar-refractivity contribution in [3.8, 4) is 0 Å². The molecule has 1 aliphatic rings. The van der Waals surface area contributed by atoms with Gasteiger partial charge in [0, 0.05) is 12.0 Å². The Balaban J connectivity index is 1.72. The van der Waals surface area contributed by atoms with Crippen LogP contribution in [0.5, 0.6) is 0 Å². The molecule has 20 heavy (non-hydrogen) atoms. The summed E-state index contributed by atoms with van der Waals surface area (Å²) in [6.07, 6.45) is 4.58. The van der Waals surface area contributed by atoms with E-state index < -0.39 is 6.04 Å². The minimum Gasteiger partial charge on any atom is -0.469 e. The molecule has 1 heterocycles. The maximum Gasteiger partial charge on any atom is 0.241 e. The quantitative estimate of drug-likeness (QED) is 0.900. The Kier molecular flexibility index (Phi) is 3.56. The van der Waals surface area contributed by atoms with Gasteiger partial charge in [-0.05, 0) is 24.5 Å². The first-order valence-electron chi connectivity index (χ1n) is 6.93. The van der Waals surface area contributed by atoms with Crippen LogP contribution >= 0.6 is 0 Å². The van der Waals surface area contributed by atoms with E-state index in [9.17, 15) is 4.79 Å². The summed E-state index contributed by atoms with van der Waals surface area (Å²) in [7, 11) is 0. The SMILES string of the molecule is N[C@@H](C(=O)NC1CCCc2occc21)c1ccccc1. The van der Waals surface area contributed by atoms with Crippen molar-refractivity contribution in [2.75, 3.05) is 0 Å². The maximum atomic E-state index is 12.3. The molecule has 4 nitrogen and oxygen atoms in total. The van der Waals surface area contributed by atoms with Crippen LogP contribution in [-0.4, -0.2) is 5.91 Å². The summed E-state index contributed by atoms with van der Waals surface area (Å²) in [5, 5.41) is 3.04. The van der Waals surface area contributed by atoms with Gasteiger partial charge >= 0.3 is 0 Å². The highest BCUT2D eigenvalue weighted by molar-refractivity contribution is 5.83. The van der Waals surface area contributed by atoms with Crippen molar-refractivity contribution in [3.63, 3.8) is 0 Å². The fourth-order valence-electron chi connectivity index (χ4n) is 2.71. The molecule has 0 fully saturated rings. The topological polar surface area (TPSA) is 68.3 Å². The van der Waals surface area contributed by atoms with E-state index in [-0.39, 0.29) is 11.9 Å². The summed E-state index contributed by atoms with van der Waals surface area (Å²) in [6.45, 7) is 0. The Morgan fingerprint density at radius 1 is 1.30 bits per heavy atom. The fourth-order valence-corrected chi connectivity index (χ4v) is 2.71. The van der Waals surface area contributed by atoms with Crippen molar-refractivity contribution in [2.45, 2.75) is 31.3 Å². The Bertz CT molecular complexity index is 592. The highest BCUT2D eigenvalue weighted by atomic mass is 16.3. The van der Waals surface area contributed by atoms with Crippen LogP contribution in [0.3, 0.4) is 0 Å². The number of benzene rings is 1. The third kappa shape index (κ3) is 2.47. The second-order valence-corrected chi connectivity index (χ2v) is 5.14. The number of nitrogens with one attached hydrogen (secondary N) is 1. The predicted octanol–water partition coefficient (Wildman–Crippen LogP) is 2.47. The molecule has 1 amide bonds. The van der Waals surface area contributed by atoms with E-state index in [1.54, 1.807) is 6.26 Å². The summed E-state index contributed by atoms with van der Waals surface area (Å²) < 4.78 is 5.43. The standard InChI is InChI=1S/C16H18N2O2/c17-15(11-5-2-1-3-6-11)16(19)18-13-7-4-8-14-12(13)9-10-20-14/h1-3,5-6,9-10,13,15H,4,7-8,17H2,(H,18,19)/t13?,15-/m1/s1. The van der Waals surface area contributed by atoms with Crippen LogP contribution in [0.15, 0.2) is 47.1 Å². The molecule has 0 radical (unpaired) electrons. The van der Waals surface area contributed by atoms with Crippen LogP contribution in [-0.2, 0) is 11.2 Å². The summed E-state index contributed by atoms with van der Waals surface area (Å²) in [4.78, 5) is 12.3. The Morgan fingerprint density at radius 3 is 2.90 bits per heavy atom. The average Bonchev–Trinajstić information content (AvgIpc) is 2.97. The molecule has 0 spiro atoms. The number of aryl methyl sites for hydroxylation is 1. The molecule has 2 aromatic rings. The minimum absolute atomic E-state index is 0.0137. The first kappa shape index (κ1) is 12.9. The van der Waals surface area contributed by atoms with Gasteiger partial charge < -0.3 is 15.5 Å². The van der Waals surface area contributed by atoms with Gasteiger partial charge in [0.2, 0.25) is 5.91 Å². The molecule has 1 aromatic heterocycles. The minimum atomic E-state index is -0.631. The van der Waals surface area contributed by atoms with Crippen LogP contribution in [0.1, 0.15) is 41.8 Å². The summed E-state index contributed by atoms with van der Waals surface area (Å²) in [6, 6.07) is 10.7. The van der Waals surface area contributed by atoms with Gasteiger partial charge in [0.05, 0.1) is 12.3 Å². The van der Waals surface area contributed by atoms with Crippen molar-refractivity contribution in [1.82, 2.24) is 5.32 Å². The average molecular weight is 270 g/mol. The van der Waals surface area contributed by atoms with E-state index >= 15 is 0 Å². The van der Waals surface area contributed by atoms with Gasteiger partial charge in [-0.1, -0.05) is 30.3 Å². The van der Waals surface area contributed by atoms with Gasteiger partial charge in [0.15, 0.2) is 0 Å². The number of carbonyl (C=O) groups is 1. The van der Waals surface area contributed by atoms with Crippen LogP contribution < -0.4 is 11.1 Å². The number of hydrogen-bond acceptors (Lipinski definition) is 3. The van der Waals surface area contributed by atoms with Crippen LogP contribution in [0, 0.1) is 0 Å². The zero-order valence-corrected chi connectivity index (χ0v) is 11.2. The normalized spacial score (nSPS) is 19.1. The van der Waals surface area contributed by atoms with Gasteiger partial charge in [0.1, 0.15) is 11.8 Å². The fraction of sp³-hybridized carbons (Fsp3) is 0.312. The molecule has 0 saturated heterocycles. The molecule has 2 atom stereocenters. The molecule has 4 heteroatoms. The molecule has 0 saturated carbocycles. The molecule has 0 aliphatic heterocycles. The van der Waals surface area contributed by atoms with Gasteiger partial charge in [-0.15, -0.1) is 0 Å². The van der Waals surface area contributed by atoms with E-state index in [1.807, 2.05) is 36.4 Å². The number of carbonyl (C=O) groups excluding carboxylic acids is 1. The zero-order valence-electron chi connectivity index (χ0n) is 11.2. The Hall–Kier alpha value is -2.07. The van der Waals surface area contributed by atoms with Crippen molar-refractivity contribution in [1.29, 1.82) is 0 Å². The first-order valence-corrected chi connectivity index (χ1v) is 6.93. The number of nitrogens with two attached hydrogens (primary N) is 1. The van der Waals surface area contributed by atoms with E-state index in [1.165, 1.54) is 0 Å². The van der Waals surface area contributed by atoms with Gasteiger partial charge in [-0.2, -0.15) is 0 Å². The first-order chi connectivity index (χ1) is 9.75. The number of amides is 1. The third-order valence-electron chi connectivity index (χ3n) is 3.81. The highest BCUT2D eigenvalue weighted by Gasteiger charge is 2.26. The van der Waals surface area contributed by atoms with Gasteiger partial charge in [-0.25, -0.2) is 0 Å². The summed E-state index contributed by atoms with van der Waals surface area (Å²) >= 11 is 0. The maximum absolute atomic E-state index is 12.3. The van der Waals surface area contributed by atoms with E-state index in [4.69, 9.17) is 10.2 Å². The molecule has 1 aliphatic carbocycles. The smallest absolute Gasteiger partial charge is 0.241 e. The second-order valence-electron chi connectivity index (χ2n) is 5.14. The summed E-state index contributed by atoms with van der Waals surface area (Å²) in [5.41, 5.74) is 7.93. The monoisotopic (exact) mass is 270 g/mol.